The minimum atomic E-state index is 0.535. The highest BCUT2D eigenvalue weighted by Crippen LogP contribution is 2.37. The molecule has 2 N–H and O–H groups in total. The van der Waals surface area contributed by atoms with Gasteiger partial charge in [-0.05, 0) is 72.4 Å². The van der Waals surface area contributed by atoms with Crippen LogP contribution in [-0.2, 0) is 0 Å². The summed E-state index contributed by atoms with van der Waals surface area (Å²) in [6, 6.07) is 6.96. The van der Waals surface area contributed by atoms with Crippen molar-refractivity contribution in [1.82, 2.24) is 9.55 Å². The Labute approximate surface area is 134 Å². The van der Waals surface area contributed by atoms with Gasteiger partial charge in [-0.2, -0.15) is 0 Å². The molecule has 0 aliphatic heterocycles. The van der Waals surface area contributed by atoms with Crippen LogP contribution in [0.25, 0.3) is 11.0 Å². The van der Waals surface area contributed by atoms with Crippen LogP contribution in [0, 0.1) is 9.49 Å². The topological polar surface area (TPSA) is 43.8 Å². The number of hydrogen-bond acceptors (Lipinski definition) is 2. The summed E-state index contributed by atoms with van der Waals surface area (Å²) in [4.78, 5) is 4.54. The fourth-order valence-corrected chi connectivity index (χ4v) is 4.05. The molecule has 4 heteroatoms. The van der Waals surface area contributed by atoms with Gasteiger partial charge >= 0.3 is 0 Å². The largest absolute Gasteiger partial charge is 0.369 e. The third-order valence-electron chi connectivity index (χ3n) is 4.56. The Hall–Kier alpha value is -0.780. The van der Waals surface area contributed by atoms with Gasteiger partial charge < -0.3 is 10.3 Å². The van der Waals surface area contributed by atoms with Gasteiger partial charge in [0.25, 0.3) is 0 Å². The van der Waals surface area contributed by atoms with Crippen LogP contribution < -0.4 is 5.73 Å². The van der Waals surface area contributed by atoms with Crippen molar-refractivity contribution in [1.29, 1.82) is 0 Å². The van der Waals surface area contributed by atoms with Crippen LogP contribution in [-0.4, -0.2) is 9.55 Å². The predicted molar refractivity (Wildman–Crippen MR) is 92.8 cm³/mol. The number of rotatable bonds is 3. The lowest BCUT2D eigenvalue weighted by atomic mass is 9.83. The number of nitrogen functional groups attached to an aromatic ring is 1. The van der Waals surface area contributed by atoms with Crippen molar-refractivity contribution in [2.45, 2.75) is 51.5 Å². The Morgan fingerprint density at radius 2 is 2.05 bits per heavy atom. The van der Waals surface area contributed by atoms with Gasteiger partial charge in [0.1, 0.15) is 0 Å². The number of imidazole rings is 1. The zero-order valence-corrected chi connectivity index (χ0v) is 14.1. The Balaban J connectivity index is 1.86. The van der Waals surface area contributed by atoms with E-state index < -0.39 is 0 Å². The SMILES string of the molecule is CCCC1CCC(n2c(N)nc3cc(I)ccc32)CC1. The second-order valence-corrected chi connectivity index (χ2v) is 7.18. The average Bonchev–Trinajstić information content (AvgIpc) is 2.75. The van der Waals surface area contributed by atoms with Crippen LogP contribution in [0.2, 0.25) is 0 Å². The van der Waals surface area contributed by atoms with Crippen molar-refractivity contribution in [3.05, 3.63) is 21.8 Å². The van der Waals surface area contributed by atoms with Crippen LogP contribution in [0.4, 0.5) is 5.95 Å². The zero-order valence-electron chi connectivity index (χ0n) is 12.0. The van der Waals surface area contributed by atoms with Gasteiger partial charge in [0.05, 0.1) is 11.0 Å². The second kappa shape index (κ2) is 5.92. The Morgan fingerprint density at radius 3 is 2.75 bits per heavy atom. The molecule has 0 radical (unpaired) electrons. The molecule has 20 heavy (non-hydrogen) atoms. The van der Waals surface area contributed by atoms with E-state index in [0.29, 0.717) is 12.0 Å². The lowest BCUT2D eigenvalue weighted by Crippen LogP contribution is -2.19. The molecule has 108 valence electrons. The first-order valence-corrected chi connectivity index (χ1v) is 8.70. The number of nitrogens with two attached hydrogens (primary N) is 1. The van der Waals surface area contributed by atoms with Gasteiger partial charge in [-0.15, -0.1) is 0 Å². The number of benzene rings is 1. The van der Waals surface area contributed by atoms with E-state index in [2.05, 4.69) is 57.3 Å². The number of halogens is 1. The predicted octanol–water partition coefficient (Wildman–Crippen LogP) is 4.75. The van der Waals surface area contributed by atoms with Gasteiger partial charge in [-0.3, -0.25) is 0 Å². The summed E-state index contributed by atoms with van der Waals surface area (Å²) in [5.74, 6) is 1.61. The number of aromatic nitrogens is 2. The average molecular weight is 383 g/mol. The van der Waals surface area contributed by atoms with Crippen molar-refractivity contribution < 1.29 is 0 Å². The monoisotopic (exact) mass is 383 g/mol. The smallest absolute Gasteiger partial charge is 0.201 e. The van der Waals surface area contributed by atoms with Crippen molar-refractivity contribution in [2.24, 2.45) is 5.92 Å². The fraction of sp³-hybridized carbons (Fsp3) is 0.562. The highest BCUT2D eigenvalue weighted by Gasteiger charge is 2.24. The number of fused-ring (bicyclic) bond motifs is 1. The normalized spacial score (nSPS) is 23.3. The summed E-state index contributed by atoms with van der Waals surface area (Å²) in [5.41, 5.74) is 8.41. The molecule has 1 aromatic heterocycles. The quantitative estimate of drug-likeness (QED) is 0.777. The molecular formula is C16H22IN3. The lowest BCUT2D eigenvalue weighted by molar-refractivity contribution is 0.267. The highest BCUT2D eigenvalue weighted by molar-refractivity contribution is 14.1. The van der Waals surface area contributed by atoms with Gasteiger partial charge in [0, 0.05) is 9.61 Å². The molecule has 0 bridgehead atoms. The first kappa shape index (κ1) is 14.2. The van der Waals surface area contributed by atoms with Crippen LogP contribution in [0.15, 0.2) is 18.2 Å². The molecule has 0 atom stereocenters. The van der Waals surface area contributed by atoms with E-state index in [4.69, 9.17) is 5.73 Å². The molecule has 3 rings (SSSR count). The molecule has 1 fully saturated rings. The molecule has 1 aliphatic carbocycles. The molecule has 1 heterocycles. The van der Waals surface area contributed by atoms with E-state index in [1.165, 1.54) is 47.6 Å². The molecule has 0 amide bonds. The van der Waals surface area contributed by atoms with Gasteiger partial charge in [0.2, 0.25) is 5.95 Å². The van der Waals surface area contributed by atoms with Gasteiger partial charge in [-0.25, -0.2) is 4.98 Å². The molecule has 3 nitrogen and oxygen atoms in total. The fourth-order valence-electron chi connectivity index (χ4n) is 3.57. The van der Waals surface area contributed by atoms with Crippen LogP contribution in [0.1, 0.15) is 51.5 Å². The van der Waals surface area contributed by atoms with E-state index in [-0.39, 0.29) is 0 Å². The zero-order chi connectivity index (χ0) is 14.1. The standard InChI is InChI=1S/C16H22IN3/c1-2-3-11-4-7-13(8-5-11)20-15-9-6-12(17)10-14(15)19-16(20)18/h6,9-11,13H,2-5,7-8H2,1H3,(H2,18,19). The van der Waals surface area contributed by atoms with Crippen LogP contribution in [0.5, 0.6) is 0 Å². The molecule has 2 aromatic rings. The summed E-state index contributed by atoms with van der Waals surface area (Å²) in [5, 5.41) is 0. The molecule has 1 saturated carbocycles. The summed E-state index contributed by atoms with van der Waals surface area (Å²) in [7, 11) is 0. The second-order valence-electron chi connectivity index (χ2n) is 5.94. The maximum Gasteiger partial charge on any atom is 0.201 e. The van der Waals surface area contributed by atoms with E-state index in [0.717, 1.165) is 11.4 Å². The van der Waals surface area contributed by atoms with E-state index in [1.807, 2.05) is 0 Å². The Kier molecular flexibility index (Phi) is 4.19. The lowest BCUT2D eigenvalue weighted by Gasteiger charge is -2.30. The van der Waals surface area contributed by atoms with Crippen LogP contribution >= 0.6 is 22.6 Å². The minimum absolute atomic E-state index is 0.535. The van der Waals surface area contributed by atoms with E-state index in [1.54, 1.807) is 0 Å². The van der Waals surface area contributed by atoms with Crippen molar-refractivity contribution in [2.75, 3.05) is 5.73 Å². The summed E-state index contributed by atoms with van der Waals surface area (Å²) < 4.78 is 3.49. The summed E-state index contributed by atoms with van der Waals surface area (Å²) in [6.07, 6.45) is 7.84. The van der Waals surface area contributed by atoms with Gasteiger partial charge in [0.15, 0.2) is 0 Å². The van der Waals surface area contributed by atoms with E-state index in [9.17, 15) is 0 Å². The van der Waals surface area contributed by atoms with Crippen molar-refractivity contribution in [3.63, 3.8) is 0 Å². The first-order valence-electron chi connectivity index (χ1n) is 7.62. The third kappa shape index (κ3) is 2.67. The van der Waals surface area contributed by atoms with Crippen molar-refractivity contribution in [3.8, 4) is 0 Å². The Bertz CT molecular complexity index is 597. The maximum absolute atomic E-state index is 6.18. The molecule has 0 spiro atoms. The van der Waals surface area contributed by atoms with Gasteiger partial charge in [-0.1, -0.05) is 19.8 Å². The molecular weight excluding hydrogens is 361 g/mol. The summed E-state index contributed by atoms with van der Waals surface area (Å²) >= 11 is 2.33. The maximum atomic E-state index is 6.18. The minimum Gasteiger partial charge on any atom is -0.369 e. The van der Waals surface area contributed by atoms with E-state index >= 15 is 0 Å². The molecule has 0 unspecified atom stereocenters. The number of hydrogen-bond donors (Lipinski definition) is 1. The van der Waals surface area contributed by atoms with Crippen molar-refractivity contribution >= 4 is 39.6 Å². The third-order valence-corrected chi connectivity index (χ3v) is 5.23. The number of nitrogens with zero attached hydrogens (tertiary/aromatic N) is 2. The summed E-state index contributed by atoms with van der Waals surface area (Å²) in [6.45, 7) is 2.29. The Morgan fingerprint density at radius 1 is 1.30 bits per heavy atom. The molecule has 1 aromatic carbocycles. The number of anilines is 1. The highest BCUT2D eigenvalue weighted by atomic mass is 127. The first-order chi connectivity index (χ1) is 9.69. The molecule has 1 aliphatic rings. The van der Waals surface area contributed by atoms with Crippen LogP contribution in [0.3, 0.4) is 0 Å². The molecule has 0 saturated heterocycles.